The van der Waals surface area contributed by atoms with E-state index < -0.39 is 41.2 Å². The molecule has 0 aromatic heterocycles. The van der Waals surface area contributed by atoms with Gasteiger partial charge in [0.15, 0.2) is 11.5 Å². The van der Waals surface area contributed by atoms with E-state index >= 15 is 0 Å². The standard InChI is InChI=1S/C73H72N4O12S3/c1-74-38-72-48-23-24-49-46-21-19-44-42-17-15-40-39-14-16-41-43-18-20-45(48)57-55(43)60-53(41)51(39)59-52(40)54(42)61-56(44)58(46)68(66-64(61)62(59)63(60)65(66)67(57)72)73(49,72)71(74)47-22-25-50(87-32-8-26-75(2,3)29-11-35-90(78,79)80)70(89-34-10-28-77(6,7)31-13-37-92(84,85)86)69(47)88-33-9-27-76(4,5)30-12-36-91(81,82)83/h14-25,71H,8-13,26-38H2,1-7H3/p+3. The van der Waals surface area contributed by atoms with Crippen molar-refractivity contribution in [3.63, 3.8) is 0 Å². The van der Waals surface area contributed by atoms with Gasteiger partial charge in [-0.05, 0) is 170 Å². The predicted octanol–water partition coefficient (Wildman–Crippen LogP) is 10.3. The highest BCUT2D eigenvalue weighted by Gasteiger charge is 2.74. The van der Waals surface area contributed by atoms with E-state index in [-0.39, 0.29) is 29.9 Å². The fourth-order valence-electron chi connectivity index (χ4n) is 20.2. The molecule has 1 fully saturated rings. The van der Waals surface area contributed by atoms with Crippen molar-refractivity contribution in [1.29, 1.82) is 0 Å². The largest absolute Gasteiger partial charge is 0.489 e. The third-order valence-electron chi connectivity index (χ3n) is 23.3. The molecule has 19 heteroatoms. The second-order valence-corrected chi connectivity index (χ2v) is 34.8. The van der Waals surface area contributed by atoms with Crippen LogP contribution in [-0.2, 0) is 41.2 Å². The molecule has 3 atom stereocenters. The monoisotopic (exact) mass is 1300 g/mol. The lowest BCUT2D eigenvalue weighted by atomic mass is 9.47. The lowest BCUT2D eigenvalue weighted by Gasteiger charge is -2.52. The van der Waals surface area contributed by atoms with Crippen molar-refractivity contribution in [3.8, 4) is 17.2 Å². The van der Waals surface area contributed by atoms with Crippen LogP contribution >= 0.6 is 0 Å². The first-order valence-electron chi connectivity index (χ1n) is 32.6. The Balaban J connectivity index is 0.843. The van der Waals surface area contributed by atoms with Crippen LogP contribution in [0.25, 0.3) is 130 Å². The minimum Gasteiger partial charge on any atom is -0.489 e. The van der Waals surface area contributed by atoms with Gasteiger partial charge in [0.25, 0.3) is 30.4 Å². The SMILES string of the molecule is CN1CC23C4=c5ccc6c7ccc8c9ccc%10c%11ccc%12c%13c(c%14c%15c2c5c6c2c7c8c5c9c%10c(c%13%11)c%14c5c%152)C3(C=%12C=C4)C1c1ccc(OCCC[N+](C)(C)CCCS(=O)(=O)O)c(OCCC[N+](C)(C)CCCS(=O)(=O)O)c1OCCC[N+](C)(C)CCCS(=O)(=O)O. The maximum absolute atomic E-state index is 11.8. The summed E-state index contributed by atoms with van der Waals surface area (Å²) >= 11 is 0. The smallest absolute Gasteiger partial charge is 0.265 e. The van der Waals surface area contributed by atoms with E-state index in [4.69, 9.17) is 14.2 Å². The molecule has 0 amide bonds. The fraction of sp³-hybridized carbons (Fsp3) is 0.397. The van der Waals surface area contributed by atoms with Gasteiger partial charge in [0, 0.05) is 50.6 Å². The van der Waals surface area contributed by atoms with Crippen LogP contribution in [0.3, 0.4) is 0 Å². The quantitative estimate of drug-likeness (QED) is 0.0182. The molecule has 0 saturated carbocycles. The Morgan fingerprint density at radius 1 is 0.424 bits per heavy atom. The van der Waals surface area contributed by atoms with Gasteiger partial charge < -0.3 is 27.7 Å². The van der Waals surface area contributed by atoms with Gasteiger partial charge in [0.1, 0.15) is 0 Å². The number of quaternary nitrogens is 3. The highest BCUT2D eigenvalue weighted by molar-refractivity contribution is 7.86. The van der Waals surface area contributed by atoms with Gasteiger partial charge in [-0.3, -0.25) is 18.6 Å². The average molecular weight is 1300 g/mol. The summed E-state index contributed by atoms with van der Waals surface area (Å²) < 4.78 is 123. The zero-order chi connectivity index (χ0) is 63.7. The zero-order valence-corrected chi connectivity index (χ0v) is 55.4. The molecule has 13 aromatic carbocycles. The van der Waals surface area contributed by atoms with Crippen LogP contribution in [0.5, 0.6) is 17.2 Å². The number of likely N-dealkylation sites (N-methyl/N-ethyl adjacent to an activating group) is 1. The number of allylic oxidation sites excluding steroid dienone is 2. The van der Waals surface area contributed by atoms with Crippen molar-refractivity contribution in [3.05, 3.63) is 99.9 Å². The first-order valence-corrected chi connectivity index (χ1v) is 37.5. The molecule has 13 aromatic rings. The van der Waals surface area contributed by atoms with E-state index in [2.05, 4.69) is 113 Å². The summed E-state index contributed by atoms with van der Waals surface area (Å²) in [4.78, 5) is 2.63. The van der Waals surface area contributed by atoms with Gasteiger partial charge in [-0.25, -0.2) is 0 Å². The van der Waals surface area contributed by atoms with Crippen LogP contribution in [-0.4, -0.2) is 189 Å². The highest BCUT2D eigenvalue weighted by atomic mass is 32.2. The number of rotatable bonds is 28. The van der Waals surface area contributed by atoms with Crippen molar-refractivity contribution in [2.45, 2.75) is 55.4 Å². The van der Waals surface area contributed by atoms with Crippen molar-refractivity contribution < 1.29 is 66.6 Å². The van der Waals surface area contributed by atoms with Crippen molar-refractivity contribution >= 4 is 160 Å². The molecule has 4 aliphatic carbocycles. The Labute approximate surface area is 533 Å². The molecular weight excluding hydrogens is 1220 g/mol. The second kappa shape index (κ2) is 18.6. The molecule has 92 heavy (non-hydrogen) atoms. The maximum Gasteiger partial charge on any atom is 0.265 e. The molecule has 1 heterocycles. The molecule has 18 rings (SSSR count). The third kappa shape index (κ3) is 7.43. The third-order valence-corrected chi connectivity index (χ3v) is 25.7. The zero-order valence-electron chi connectivity index (χ0n) is 53.0. The minimum absolute atomic E-state index is 0.282. The summed E-state index contributed by atoms with van der Waals surface area (Å²) in [5.41, 5.74) is 5.37. The van der Waals surface area contributed by atoms with Crippen LogP contribution in [0, 0.1) is 0 Å². The Morgan fingerprint density at radius 2 is 0.783 bits per heavy atom. The molecule has 0 bridgehead atoms. The first-order chi connectivity index (χ1) is 43.7. The topological polar surface area (TPSA) is 194 Å². The summed E-state index contributed by atoms with van der Waals surface area (Å²) in [7, 11) is 2.35. The summed E-state index contributed by atoms with van der Waals surface area (Å²) in [5, 5.41) is 33.2. The minimum atomic E-state index is -4.12. The summed E-state index contributed by atoms with van der Waals surface area (Å²) in [6, 6.07) is 23.5. The molecule has 5 aliphatic rings. The number of fused-ring (bicyclic) bond motifs is 3. The lowest BCUT2D eigenvalue weighted by Crippen LogP contribution is -2.52. The maximum atomic E-state index is 11.8. The van der Waals surface area contributed by atoms with Crippen molar-refractivity contribution in [2.24, 2.45) is 0 Å². The summed E-state index contributed by atoms with van der Waals surface area (Å²) in [6.07, 6.45) is 7.77. The van der Waals surface area contributed by atoms with Crippen LogP contribution in [0.2, 0.25) is 0 Å². The van der Waals surface area contributed by atoms with Gasteiger partial charge in [-0.1, -0.05) is 60.7 Å². The van der Waals surface area contributed by atoms with E-state index in [0.717, 1.165) is 12.1 Å². The van der Waals surface area contributed by atoms with E-state index in [1.807, 2.05) is 14.1 Å². The number of ether oxygens (including phenoxy) is 3. The molecule has 474 valence electrons. The fourth-order valence-corrected chi connectivity index (χ4v) is 21.6. The summed E-state index contributed by atoms with van der Waals surface area (Å²) in [6.45, 7) is 5.24. The van der Waals surface area contributed by atoms with Crippen LogP contribution in [0.4, 0.5) is 0 Å². The molecule has 3 N–H and O–H groups in total. The van der Waals surface area contributed by atoms with Gasteiger partial charge in [0.2, 0.25) is 5.75 Å². The van der Waals surface area contributed by atoms with Crippen LogP contribution < -0.4 is 24.6 Å². The molecule has 1 saturated heterocycles. The lowest BCUT2D eigenvalue weighted by molar-refractivity contribution is -0.890. The summed E-state index contributed by atoms with van der Waals surface area (Å²) in [5.74, 6) is 0.716. The van der Waals surface area contributed by atoms with E-state index in [1.165, 1.54) is 151 Å². The molecular formula is C73H75N4O12S3+3. The predicted molar refractivity (Wildman–Crippen MR) is 368 cm³/mol. The van der Waals surface area contributed by atoms with Crippen molar-refractivity contribution in [2.75, 3.05) is 132 Å². The molecule has 16 nitrogen and oxygen atoms in total. The van der Waals surface area contributed by atoms with E-state index in [0.29, 0.717) is 122 Å². The molecule has 3 unspecified atom stereocenters. The van der Waals surface area contributed by atoms with Gasteiger partial charge in [-0.15, -0.1) is 0 Å². The first kappa shape index (κ1) is 57.9. The molecule has 2 spiro atoms. The van der Waals surface area contributed by atoms with E-state index in [9.17, 15) is 38.9 Å². The van der Waals surface area contributed by atoms with Crippen molar-refractivity contribution in [1.82, 2.24) is 4.90 Å². The average Bonchev–Trinajstić information content (AvgIpc) is 1.42. The van der Waals surface area contributed by atoms with Crippen LogP contribution in [0.1, 0.15) is 61.3 Å². The Morgan fingerprint density at radius 3 is 1.25 bits per heavy atom. The van der Waals surface area contributed by atoms with Gasteiger partial charge in [-0.2, -0.15) is 25.3 Å². The molecule has 1 aliphatic heterocycles. The van der Waals surface area contributed by atoms with Gasteiger partial charge >= 0.3 is 0 Å². The Bertz CT molecular complexity index is 5830. The van der Waals surface area contributed by atoms with E-state index in [1.54, 1.807) is 0 Å². The van der Waals surface area contributed by atoms with Crippen LogP contribution in [0.15, 0.2) is 72.8 Å². The van der Waals surface area contributed by atoms with Gasteiger partial charge in [0.05, 0.1) is 136 Å². The number of hydrogen-bond donors (Lipinski definition) is 3. The highest BCUT2D eigenvalue weighted by Crippen LogP contribution is 2.79. The molecule has 0 radical (unpaired) electrons. The Hall–Kier alpha value is -6.75. The number of benzene rings is 9. The Kier molecular flexibility index (Phi) is 11.7. The number of nitrogens with zero attached hydrogens (tertiary/aromatic N) is 4. The number of hydrogen-bond acceptors (Lipinski definition) is 10. The normalized spacial score (nSPS) is 20.3. The second-order valence-electron chi connectivity index (χ2n) is 30.1. The number of likely N-dealkylation sites (tertiary alicyclic amines) is 1.